The predicted molar refractivity (Wildman–Crippen MR) is 96.8 cm³/mol. The number of amides is 1. The van der Waals surface area contributed by atoms with Crippen molar-refractivity contribution in [1.29, 1.82) is 0 Å². The summed E-state index contributed by atoms with van der Waals surface area (Å²) in [5.74, 6) is -0.172. The van der Waals surface area contributed by atoms with E-state index in [1.807, 2.05) is 18.2 Å². The van der Waals surface area contributed by atoms with Gasteiger partial charge in [0, 0.05) is 30.5 Å². The zero-order valence-electron chi connectivity index (χ0n) is 14.3. The van der Waals surface area contributed by atoms with Crippen molar-refractivity contribution in [2.24, 2.45) is 0 Å². The number of fused-ring (bicyclic) bond motifs is 2. The number of nitrogens with zero attached hydrogens (tertiary/aromatic N) is 3. The number of pyridine rings is 1. The topological polar surface area (TPSA) is 90.5 Å². The van der Waals surface area contributed by atoms with Gasteiger partial charge in [-0.25, -0.2) is 4.79 Å². The van der Waals surface area contributed by atoms with Gasteiger partial charge in [0.15, 0.2) is 0 Å². The molecule has 26 heavy (non-hydrogen) atoms. The number of methoxy groups -OCH3 is 1. The van der Waals surface area contributed by atoms with E-state index in [0.717, 1.165) is 16.5 Å². The Morgan fingerprint density at radius 1 is 1.23 bits per heavy atom. The van der Waals surface area contributed by atoms with Crippen LogP contribution in [-0.2, 0) is 17.7 Å². The molecule has 0 radical (unpaired) electrons. The molecule has 7 nitrogen and oxygen atoms in total. The van der Waals surface area contributed by atoms with E-state index in [0.29, 0.717) is 36.3 Å². The second-order valence-corrected chi connectivity index (χ2v) is 6.24. The normalized spacial score (nSPS) is 13.5. The molecule has 0 fully saturated rings. The number of hydrogen-bond donors (Lipinski definition) is 1. The third-order valence-corrected chi connectivity index (χ3v) is 4.76. The lowest BCUT2D eigenvalue weighted by atomic mass is 9.97. The number of nitrogens with two attached hydrogens (primary N) is 1. The van der Waals surface area contributed by atoms with Crippen molar-refractivity contribution >= 4 is 28.6 Å². The van der Waals surface area contributed by atoms with Crippen LogP contribution in [0.15, 0.2) is 42.9 Å². The molecule has 0 bridgehead atoms. The second-order valence-electron chi connectivity index (χ2n) is 6.24. The Hall–Kier alpha value is -3.35. The van der Waals surface area contributed by atoms with Crippen LogP contribution in [0.25, 0.3) is 10.9 Å². The Bertz CT molecular complexity index is 1020. The largest absolute Gasteiger partial charge is 0.453 e. The molecule has 0 aliphatic carbocycles. The van der Waals surface area contributed by atoms with Gasteiger partial charge in [-0.05, 0) is 29.7 Å². The Balaban J connectivity index is 1.75. The molecule has 2 N–H and O–H groups in total. The molecule has 1 aliphatic rings. The molecule has 0 spiro atoms. The van der Waals surface area contributed by atoms with Gasteiger partial charge in [-0.15, -0.1) is 0 Å². The first-order valence-corrected chi connectivity index (χ1v) is 8.29. The van der Waals surface area contributed by atoms with Crippen molar-refractivity contribution in [2.75, 3.05) is 19.4 Å². The number of carbonyl (C=O) groups excluding carboxylic acids is 2. The Morgan fingerprint density at radius 2 is 2.08 bits per heavy atom. The van der Waals surface area contributed by atoms with Crippen LogP contribution >= 0.6 is 0 Å². The summed E-state index contributed by atoms with van der Waals surface area (Å²) < 4.78 is 6.35. The first-order chi connectivity index (χ1) is 12.6. The van der Waals surface area contributed by atoms with Gasteiger partial charge < -0.3 is 15.4 Å². The van der Waals surface area contributed by atoms with E-state index in [-0.39, 0.29) is 12.0 Å². The molecule has 0 saturated carbocycles. The molecule has 3 heterocycles. The van der Waals surface area contributed by atoms with E-state index in [2.05, 4.69) is 4.98 Å². The molecule has 3 aromatic rings. The van der Waals surface area contributed by atoms with E-state index < -0.39 is 0 Å². The highest BCUT2D eigenvalue weighted by Gasteiger charge is 2.26. The van der Waals surface area contributed by atoms with E-state index in [1.165, 1.54) is 7.11 Å². The minimum atomic E-state index is -0.378. The van der Waals surface area contributed by atoms with Crippen LogP contribution in [0.3, 0.4) is 0 Å². The average molecular weight is 350 g/mol. The predicted octanol–water partition coefficient (Wildman–Crippen LogP) is 2.43. The van der Waals surface area contributed by atoms with Gasteiger partial charge >= 0.3 is 6.09 Å². The number of para-hydroxylation sites is 1. The second kappa shape index (κ2) is 6.18. The van der Waals surface area contributed by atoms with E-state index in [4.69, 9.17) is 10.5 Å². The molecule has 1 aromatic carbocycles. The summed E-state index contributed by atoms with van der Waals surface area (Å²) >= 11 is 0. The quantitative estimate of drug-likeness (QED) is 0.681. The molecular weight excluding hydrogens is 332 g/mol. The van der Waals surface area contributed by atoms with Crippen molar-refractivity contribution in [3.8, 4) is 0 Å². The number of benzene rings is 1. The maximum atomic E-state index is 13.2. The fraction of sp³-hybridized carbons (Fsp3) is 0.211. The van der Waals surface area contributed by atoms with Crippen LogP contribution in [-0.4, -0.2) is 40.1 Å². The monoisotopic (exact) mass is 350 g/mol. The number of ether oxygens (including phenoxy) is 1. The first-order valence-electron chi connectivity index (χ1n) is 8.29. The lowest BCUT2D eigenvalue weighted by Gasteiger charge is -2.28. The van der Waals surface area contributed by atoms with Crippen molar-refractivity contribution in [1.82, 2.24) is 14.5 Å². The third-order valence-electron chi connectivity index (χ3n) is 4.76. The number of hydrogen-bond acceptors (Lipinski definition) is 5. The lowest BCUT2D eigenvalue weighted by molar-refractivity contribution is 0.0962. The maximum Gasteiger partial charge on any atom is 0.409 e. The SMILES string of the molecule is COC(=O)N1CCc2c(cncc2C(=O)n2ccc3cccc(N)c32)C1. The van der Waals surface area contributed by atoms with Gasteiger partial charge in [-0.3, -0.25) is 14.3 Å². The molecule has 1 aliphatic heterocycles. The van der Waals surface area contributed by atoms with Crippen LogP contribution in [0.2, 0.25) is 0 Å². The third kappa shape index (κ3) is 2.48. The van der Waals surface area contributed by atoms with Crippen molar-refractivity contribution in [3.63, 3.8) is 0 Å². The van der Waals surface area contributed by atoms with E-state index in [1.54, 1.807) is 34.1 Å². The highest BCUT2D eigenvalue weighted by atomic mass is 16.5. The van der Waals surface area contributed by atoms with Gasteiger partial charge in [-0.2, -0.15) is 0 Å². The van der Waals surface area contributed by atoms with Crippen LogP contribution in [0.5, 0.6) is 0 Å². The zero-order valence-corrected chi connectivity index (χ0v) is 14.3. The van der Waals surface area contributed by atoms with Crippen LogP contribution in [0.1, 0.15) is 21.5 Å². The van der Waals surface area contributed by atoms with Gasteiger partial charge in [0.1, 0.15) is 0 Å². The zero-order chi connectivity index (χ0) is 18.3. The highest BCUT2D eigenvalue weighted by Crippen LogP contribution is 2.26. The minimum absolute atomic E-state index is 0.172. The molecule has 0 atom stereocenters. The van der Waals surface area contributed by atoms with Gasteiger partial charge in [-0.1, -0.05) is 12.1 Å². The Labute approximate surface area is 150 Å². The number of rotatable bonds is 1. The fourth-order valence-corrected chi connectivity index (χ4v) is 3.48. The fourth-order valence-electron chi connectivity index (χ4n) is 3.48. The summed E-state index contributed by atoms with van der Waals surface area (Å²) in [5.41, 5.74) is 9.63. The molecule has 0 unspecified atom stereocenters. The van der Waals surface area contributed by atoms with Crippen LogP contribution in [0, 0.1) is 0 Å². The summed E-state index contributed by atoms with van der Waals surface area (Å²) in [7, 11) is 1.36. The molecule has 132 valence electrons. The standard InChI is InChI=1S/C19H18N4O3/c1-26-19(25)22-7-6-14-13(11-22)9-21-10-15(14)18(24)23-8-5-12-3-2-4-16(20)17(12)23/h2-5,8-10H,6-7,11,20H2,1H3. The number of aromatic nitrogens is 2. The van der Waals surface area contributed by atoms with Gasteiger partial charge in [0.25, 0.3) is 5.91 Å². The number of anilines is 1. The molecule has 2 aromatic heterocycles. The molecular formula is C19H18N4O3. The first kappa shape index (κ1) is 16.1. The summed E-state index contributed by atoms with van der Waals surface area (Å²) in [4.78, 5) is 30.7. The van der Waals surface area contributed by atoms with E-state index in [9.17, 15) is 9.59 Å². The summed E-state index contributed by atoms with van der Waals surface area (Å²) in [6.07, 6.45) is 5.20. The summed E-state index contributed by atoms with van der Waals surface area (Å²) in [6.45, 7) is 0.878. The number of carbonyl (C=O) groups is 2. The van der Waals surface area contributed by atoms with Crippen molar-refractivity contribution < 1.29 is 14.3 Å². The van der Waals surface area contributed by atoms with Crippen molar-refractivity contribution in [3.05, 3.63) is 59.5 Å². The van der Waals surface area contributed by atoms with Gasteiger partial charge in [0.05, 0.1) is 30.4 Å². The highest BCUT2D eigenvalue weighted by molar-refractivity contribution is 6.05. The Morgan fingerprint density at radius 3 is 2.88 bits per heavy atom. The summed E-state index contributed by atoms with van der Waals surface area (Å²) in [6, 6.07) is 7.42. The molecule has 7 heteroatoms. The Kier molecular flexibility index (Phi) is 3.84. The smallest absolute Gasteiger partial charge is 0.409 e. The maximum absolute atomic E-state index is 13.2. The summed E-state index contributed by atoms with van der Waals surface area (Å²) in [5, 5.41) is 0.910. The molecule has 0 saturated heterocycles. The van der Waals surface area contributed by atoms with Gasteiger partial charge in [0.2, 0.25) is 0 Å². The minimum Gasteiger partial charge on any atom is -0.453 e. The molecule has 4 rings (SSSR count). The van der Waals surface area contributed by atoms with Crippen LogP contribution in [0.4, 0.5) is 10.5 Å². The molecule has 1 amide bonds. The lowest BCUT2D eigenvalue weighted by Crippen LogP contribution is -2.36. The number of nitrogen functional groups attached to an aromatic ring is 1. The average Bonchev–Trinajstić information content (AvgIpc) is 3.11. The van der Waals surface area contributed by atoms with Crippen molar-refractivity contribution in [2.45, 2.75) is 13.0 Å². The van der Waals surface area contributed by atoms with Crippen LogP contribution < -0.4 is 5.73 Å². The van der Waals surface area contributed by atoms with E-state index >= 15 is 0 Å².